The molecule has 0 unspecified atom stereocenters. The van der Waals surface area contributed by atoms with Crippen molar-refractivity contribution in [3.63, 3.8) is 0 Å². The fourth-order valence-electron chi connectivity index (χ4n) is 1.57. The number of halogens is 1. The molecule has 12 heavy (non-hydrogen) atoms. The van der Waals surface area contributed by atoms with E-state index >= 15 is 0 Å². The van der Waals surface area contributed by atoms with Gasteiger partial charge in [0.2, 0.25) is 0 Å². The van der Waals surface area contributed by atoms with E-state index in [1.165, 1.54) is 11.1 Å². The molecule has 0 amide bonds. The van der Waals surface area contributed by atoms with Gasteiger partial charge in [-0.3, -0.25) is 0 Å². The third kappa shape index (κ3) is 2.21. The summed E-state index contributed by atoms with van der Waals surface area (Å²) in [6, 6.07) is 0. The van der Waals surface area contributed by atoms with E-state index in [0.717, 1.165) is 0 Å². The smallest absolute Gasteiger partial charge is 0 e. The number of hydrogen-bond donors (Lipinski definition) is 0. The Hall–Kier alpha value is 0.393. The van der Waals surface area contributed by atoms with E-state index in [1.807, 2.05) is 0 Å². The van der Waals surface area contributed by atoms with Gasteiger partial charge >= 0.3 is 0 Å². The number of allylic oxidation sites excluding steroid dienone is 4. The SMILES string of the molecule is CC1=C(C)C(C)C(C)=C1C.Cl.[Ru]. The van der Waals surface area contributed by atoms with Crippen LogP contribution in [0.5, 0.6) is 0 Å². The maximum absolute atomic E-state index is 2.28. The van der Waals surface area contributed by atoms with E-state index in [9.17, 15) is 0 Å². The summed E-state index contributed by atoms with van der Waals surface area (Å²) in [5.74, 6) is 0.694. The molecular formula is C10H17ClRu. The van der Waals surface area contributed by atoms with Crippen LogP contribution in [0.25, 0.3) is 0 Å². The summed E-state index contributed by atoms with van der Waals surface area (Å²) in [6.07, 6.45) is 0. The maximum atomic E-state index is 2.28. The molecule has 0 bridgehead atoms. The van der Waals surface area contributed by atoms with Gasteiger partial charge in [0.1, 0.15) is 0 Å². The normalized spacial score (nSPS) is 17.8. The number of rotatable bonds is 0. The molecule has 0 N–H and O–H groups in total. The van der Waals surface area contributed by atoms with Crippen molar-refractivity contribution in [2.45, 2.75) is 34.6 Å². The molecule has 0 aliphatic heterocycles. The van der Waals surface area contributed by atoms with Crippen LogP contribution in [-0.2, 0) is 19.5 Å². The fraction of sp³-hybridized carbons (Fsp3) is 0.600. The summed E-state index contributed by atoms with van der Waals surface area (Å²) >= 11 is 0. The maximum Gasteiger partial charge on any atom is 0 e. The summed E-state index contributed by atoms with van der Waals surface area (Å²) in [4.78, 5) is 0. The van der Waals surface area contributed by atoms with Crippen LogP contribution < -0.4 is 0 Å². The third-order valence-corrected chi connectivity index (χ3v) is 3.04. The van der Waals surface area contributed by atoms with Gasteiger partial charge in [0, 0.05) is 19.5 Å². The largest absolute Gasteiger partial charge is 0.147 e. The van der Waals surface area contributed by atoms with E-state index in [-0.39, 0.29) is 31.9 Å². The summed E-state index contributed by atoms with van der Waals surface area (Å²) in [5, 5.41) is 0. The van der Waals surface area contributed by atoms with Crippen LogP contribution in [0.2, 0.25) is 0 Å². The third-order valence-electron chi connectivity index (χ3n) is 3.04. The van der Waals surface area contributed by atoms with Gasteiger partial charge < -0.3 is 0 Å². The van der Waals surface area contributed by atoms with Gasteiger partial charge in [0.25, 0.3) is 0 Å². The molecule has 2 heteroatoms. The summed E-state index contributed by atoms with van der Waals surface area (Å²) in [7, 11) is 0. The molecule has 0 nitrogen and oxygen atoms in total. The Kier molecular flexibility index (Phi) is 6.45. The van der Waals surface area contributed by atoms with Crippen molar-refractivity contribution in [1.29, 1.82) is 0 Å². The van der Waals surface area contributed by atoms with Crippen LogP contribution in [0.4, 0.5) is 0 Å². The first-order valence-electron chi connectivity index (χ1n) is 3.90. The van der Waals surface area contributed by atoms with E-state index in [0.29, 0.717) is 5.92 Å². The summed E-state index contributed by atoms with van der Waals surface area (Å²) in [5.41, 5.74) is 6.11. The molecule has 0 aromatic heterocycles. The van der Waals surface area contributed by atoms with Gasteiger partial charge in [-0.15, -0.1) is 12.4 Å². The quantitative estimate of drug-likeness (QED) is 0.590. The Morgan fingerprint density at radius 1 is 0.833 bits per heavy atom. The van der Waals surface area contributed by atoms with Crippen molar-refractivity contribution in [3.05, 3.63) is 22.3 Å². The molecule has 0 atom stereocenters. The zero-order valence-corrected chi connectivity index (χ0v) is 10.9. The second kappa shape index (κ2) is 5.19. The van der Waals surface area contributed by atoms with Crippen LogP contribution in [0.15, 0.2) is 22.3 Å². The van der Waals surface area contributed by atoms with Gasteiger partial charge in [-0.1, -0.05) is 18.1 Å². The molecule has 0 saturated carbocycles. The van der Waals surface area contributed by atoms with E-state index in [2.05, 4.69) is 34.6 Å². The molecule has 0 heterocycles. The zero-order chi connectivity index (χ0) is 7.89. The Morgan fingerprint density at radius 2 is 1.08 bits per heavy atom. The second-order valence-corrected chi connectivity index (χ2v) is 3.34. The first kappa shape index (κ1) is 14.9. The zero-order valence-electron chi connectivity index (χ0n) is 8.34. The fourth-order valence-corrected chi connectivity index (χ4v) is 1.57. The predicted molar refractivity (Wildman–Crippen MR) is 53.2 cm³/mol. The van der Waals surface area contributed by atoms with E-state index in [4.69, 9.17) is 0 Å². The first-order valence-corrected chi connectivity index (χ1v) is 3.90. The molecule has 72 valence electrons. The first-order chi connectivity index (χ1) is 4.55. The van der Waals surface area contributed by atoms with Crippen LogP contribution >= 0.6 is 12.4 Å². The predicted octanol–water partition coefficient (Wildman–Crippen LogP) is 3.73. The standard InChI is InChI=1S/C10H16.ClH.Ru/c1-6-7(2)9(4)10(5)8(6)3;;/h6H,1-5H3;1H;. The minimum Gasteiger partial charge on any atom is -0.147 e. The van der Waals surface area contributed by atoms with Crippen molar-refractivity contribution >= 4 is 12.4 Å². The minimum atomic E-state index is 0. The molecule has 0 fully saturated rings. The molecule has 0 aromatic carbocycles. The van der Waals surface area contributed by atoms with Crippen LogP contribution in [0, 0.1) is 5.92 Å². The van der Waals surface area contributed by atoms with E-state index in [1.54, 1.807) is 11.1 Å². The monoisotopic (exact) mass is 274 g/mol. The second-order valence-electron chi connectivity index (χ2n) is 3.34. The molecule has 0 spiro atoms. The van der Waals surface area contributed by atoms with Crippen LogP contribution in [-0.4, -0.2) is 0 Å². The molecule has 1 rings (SSSR count). The Labute approximate surface area is 94.7 Å². The van der Waals surface area contributed by atoms with Gasteiger partial charge in [0.05, 0.1) is 0 Å². The molecule has 0 radical (unpaired) electrons. The van der Waals surface area contributed by atoms with E-state index < -0.39 is 0 Å². The Morgan fingerprint density at radius 3 is 1.17 bits per heavy atom. The molecular weight excluding hydrogens is 257 g/mol. The molecule has 0 saturated heterocycles. The molecule has 1 aliphatic carbocycles. The Bertz CT molecular complexity index is 202. The average molecular weight is 274 g/mol. The molecule has 0 aromatic rings. The summed E-state index contributed by atoms with van der Waals surface area (Å²) in [6.45, 7) is 11.2. The number of hydrogen-bond acceptors (Lipinski definition) is 0. The molecule has 1 aliphatic rings. The van der Waals surface area contributed by atoms with Gasteiger partial charge in [0.15, 0.2) is 0 Å². The van der Waals surface area contributed by atoms with Crippen molar-refractivity contribution in [3.8, 4) is 0 Å². The van der Waals surface area contributed by atoms with Gasteiger partial charge in [-0.2, -0.15) is 0 Å². The summed E-state index contributed by atoms with van der Waals surface area (Å²) < 4.78 is 0. The van der Waals surface area contributed by atoms with Crippen molar-refractivity contribution in [2.75, 3.05) is 0 Å². The average Bonchev–Trinajstić information content (AvgIpc) is 2.07. The topological polar surface area (TPSA) is 0 Å². The van der Waals surface area contributed by atoms with Crippen molar-refractivity contribution in [2.24, 2.45) is 5.92 Å². The van der Waals surface area contributed by atoms with Gasteiger partial charge in [-0.25, -0.2) is 0 Å². The van der Waals surface area contributed by atoms with Crippen molar-refractivity contribution < 1.29 is 19.5 Å². The Balaban J connectivity index is 0. The van der Waals surface area contributed by atoms with Crippen LogP contribution in [0.3, 0.4) is 0 Å². The minimum absolute atomic E-state index is 0. The van der Waals surface area contributed by atoms with Crippen molar-refractivity contribution in [1.82, 2.24) is 0 Å². The van der Waals surface area contributed by atoms with Gasteiger partial charge in [-0.05, 0) is 44.8 Å². The van der Waals surface area contributed by atoms with Crippen LogP contribution in [0.1, 0.15) is 34.6 Å².